The fourth-order valence-electron chi connectivity index (χ4n) is 2.66. The molecule has 2 N–H and O–H groups in total. The van der Waals surface area contributed by atoms with Gasteiger partial charge >= 0.3 is 5.97 Å². The van der Waals surface area contributed by atoms with Gasteiger partial charge in [-0.1, -0.05) is 29.3 Å². The van der Waals surface area contributed by atoms with Gasteiger partial charge in [0.15, 0.2) is 0 Å². The first-order valence-corrected chi connectivity index (χ1v) is 9.45. The Morgan fingerprint density at radius 3 is 2.56 bits per heavy atom. The molecule has 0 atom stereocenters. The third-order valence-corrected chi connectivity index (χ3v) is 4.76. The molecule has 0 aliphatic rings. The van der Waals surface area contributed by atoms with Gasteiger partial charge in [0.2, 0.25) is 0 Å². The average molecular weight is 472 g/mol. The number of furan rings is 1. The number of nitro benzene ring substituents is 1. The summed E-state index contributed by atoms with van der Waals surface area (Å²) in [5, 5.41) is 31.9. The molecule has 0 saturated carbocycles. The van der Waals surface area contributed by atoms with E-state index in [4.69, 9.17) is 32.7 Å². The van der Waals surface area contributed by atoms with Crippen molar-refractivity contribution in [2.75, 3.05) is 5.32 Å². The minimum absolute atomic E-state index is 0.0325. The van der Waals surface area contributed by atoms with Crippen LogP contribution in [0, 0.1) is 21.4 Å². The normalized spacial score (nSPS) is 11.0. The van der Waals surface area contributed by atoms with E-state index in [1.165, 1.54) is 42.5 Å². The predicted octanol–water partition coefficient (Wildman–Crippen LogP) is 5.41. The number of hydrogen-bond acceptors (Lipinski definition) is 6. The highest BCUT2D eigenvalue weighted by molar-refractivity contribution is 6.37. The highest BCUT2D eigenvalue weighted by atomic mass is 35.5. The fraction of sp³-hybridized carbons (Fsp3) is 0. The second kappa shape index (κ2) is 9.34. The zero-order valence-electron chi connectivity index (χ0n) is 15.8. The third kappa shape index (κ3) is 4.95. The molecule has 0 spiro atoms. The molecule has 3 aromatic rings. The lowest BCUT2D eigenvalue weighted by molar-refractivity contribution is -0.384. The van der Waals surface area contributed by atoms with E-state index in [0.29, 0.717) is 0 Å². The Morgan fingerprint density at radius 1 is 1.16 bits per heavy atom. The molecule has 0 aliphatic heterocycles. The first-order valence-electron chi connectivity index (χ1n) is 8.69. The van der Waals surface area contributed by atoms with Crippen molar-refractivity contribution in [1.29, 1.82) is 5.26 Å². The summed E-state index contributed by atoms with van der Waals surface area (Å²) in [6, 6.07) is 12.5. The molecule has 1 aromatic heterocycles. The number of benzene rings is 2. The molecule has 0 fully saturated rings. The van der Waals surface area contributed by atoms with Crippen molar-refractivity contribution in [3.05, 3.63) is 85.6 Å². The van der Waals surface area contributed by atoms with Crippen molar-refractivity contribution in [3.8, 4) is 17.4 Å². The molecular weight excluding hydrogens is 461 g/mol. The topological polar surface area (TPSA) is 146 Å². The summed E-state index contributed by atoms with van der Waals surface area (Å²) in [7, 11) is 0. The van der Waals surface area contributed by atoms with E-state index in [0.717, 1.165) is 12.1 Å². The van der Waals surface area contributed by atoms with Crippen LogP contribution >= 0.6 is 23.2 Å². The lowest BCUT2D eigenvalue weighted by Crippen LogP contribution is -2.13. The lowest BCUT2D eigenvalue weighted by Gasteiger charge is -2.05. The summed E-state index contributed by atoms with van der Waals surface area (Å²) < 4.78 is 5.57. The largest absolute Gasteiger partial charge is 0.478 e. The number of aromatic carboxylic acids is 1. The summed E-state index contributed by atoms with van der Waals surface area (Å²) in [6.07, 6.45) is 1.16. The number of anilines is 1. The highest BCUT2D eigenvalue weighted by Crippen LogP contribution is 2.37. The van der Waals surface area contributed by atoms with Crippen LogP contribution in [-0.4, -0.2) is 21.9 Å². The van der Waals surface area contributed by atoms with Crippen LogP contribution in [-0.2, 0) is 4.79 Å². The van der Waals surface area contributed by atoms with E-state index in [-0.39, 0.29) is 49.6 Å². The fourth-order valence-corrected chi connectivity index (χ4v) is 3.21. The maximum atomic E-state index is 12.4. The van der Waals surface area contributed by atoms with Crippen LogP contribution in [0.3, 0.4) is 0 Å². The predicted molar refractivity (Wildman–Crippen MR) is 116 cm³/mol. The number of halogens is 2. The Balaban J connectivity index is 1.87. The van der Waals surface area contributed by atoms with E-state index in [9.17, 15) is 25.0 Å². The van der Waals surface area contributed by atoms with Gasteiger partial charge in [0, 0.05) is 23.4 Å². The number of amides is 1. The molecule has 0 radical (unpaired) electrons. The van der Waals surface area contributed by atoms with Gasteiger partial charge in [-0.25, -0.2) is 4.79 Å². The molecule has 11 heteroatoms. The quantitative estimate of drug-likeness (QED) is 0.211. The Morgan fingerprint density at radius 2 is 1.91 bits per heavy atom. The number of rotatable bonds is 6. The van der Waals surface area contributed by atoms with Crippen LogP contribution in [0.2, 0.25) is 10.0 Å². The van der Waals surface area contributed by atoms with Crippen LogP contribution < -0.4 is 5.32 Å². The molecule has 0 bridgehead atoms. The first kappa shape index (κ1) is 22.6. The van der Waals surface area contributed by atoms with Crippen molar-refractivity contribution in [2.45, 2.75) is 0 Å². The van der Waals surface area contributed by atoms with Gasteiger partial charge in [0.05, 0.1) is 15.5 Å². The van der Waals surface area contributed by atoms with Crippen LogP contribution in [0.25, 0.3) is 17.4 Å². The second-order valence-electron chi connectivity index (χ2n) is 6.25. The molecule has 160 valence electrons. The van der Waals surface area contributed by atoms with Crippen molar-refractivity contribution >= 4 is 52.5 Å². The maximum absolute atomic E-state index is 12.4. The molecule has 0 saturated heterocycles. The standard InChI is InChI=1S/C21H11Cl2N3O6/c22-16-9-17(23)18(26(30)31)8-15(16)19-5-4-14(32-19)7-12(10-24)20(27)25-13-3-1-2-11(6-13)21(28)29/h1-9H,(H,25,27)(H,28,29). The average Bonchev–Trinajstić information content (AvgIpc) is 3.20. The molecule has 2 aromatic carbocycles. The number of nitrogens with zero attached hydrogens (tertiary/aromatic N) is 2. The van der Waals surface area contributed by atoms with Crippen molar-refractivity contribution in [2.24, 2.45) is 0 Å². The van der Waals surface area contributed by atoms with E-state index >= 15 is 0 Å². The van der Waals surface area contributed by atoms with Crippen molar-refractivity contribution in [3.63, 3.8) is 0 Å². The summed E-state index contributed by atoms with van der Waals surface area (Å²) >= 11 is 11.9. The van der Waals surface area contributed by atoms with E-state index in [1.807, 2.05) is 0 Å². The SMILES string of the molecule is N#CC(=Cc1ccc(-c2cc([N+](=O)[O-])c(Cl)cc2Cl)o1)C(=O)Nc1cccc(C(=O)O)c1. The zero-order chi connectivity index (χ0) is 23.4. The van der Waals surface area contributed by atoms with Gasteiger partial charge in [0.1, 0.15) is 28.2 Å². The van der Waals surface area contributed by atoms with Crippen molar-refractivity contribution < 1.29 is 24.0 Å². The minimum atomic E-state index is -1.17. The molecule has 1 amide bonds. The summed E-state index contributed by atoms with van der Waals surface area (Å²) in [5.74, 6) is -1.68. The van der Waals surface area contributed by atoms with Crippen LogP contribution in [0.1, 0.15) is 16.1 Å². The Hall–Kier alpha value is -4.13. The number of nitro groups is 1. The molecule has 9 nitrogen and oxygen atoms in total. The maximum Gasteiger partial charge on any atom is 0.335 e. The highest BCUT2D eigenvalue weighted by Gasteiger charge is 2.19. The number of nitrogens with one attached hydrogen (secondary N) is 1. The van der Waals surface area contributed by atoms with Crippen LogP contribution in [0.15, 0.2) is 58.5 Å². The number of carboxylic acids is 1. The lowest BCUT2D eigenvalue weighted by atomic mass is 10.1. The van der Waals surface area contributed by atoms with Crippen LogP contribution in [0.4, 0.5) is 11.4 Å². The van der Waals surface area contributed by atoms with Gasteiger partial charge in [-0.2, -0.15) is 5.26 Å². The molecule has 32 heavy (non-hydrogen) atoms. The van der Waals surface area contributed by atoms with Gasteiger partial charge < -0.3 is 14.8 Å². The van der Waals surface area contributed by atoms with E-state index < -0.39 is 16.8 Å². The van der Waals surface area contributed by atoms with Gasteiger partial charge in [-0.05, 0) is 36.4 Å². The third-order valence-electron chi connectivity index (χ3n) is 4.14. The van der Waals surface area contributed by atoms with E-state index in [1.54, 1.807) is 6.07 Å². The van der Waals surface area contributed by atoms with Crippen molar-refractivity contribution in [1.82, 2.24) is 0 Å². The molecule has 1 heterocycles. The van der Waals surface area contributed by atoms with Crippen LogP contribution in [0.5, 0.6) is 0 Å². The van der Waals surface area contributed by atoms with Gasteiger partial charge in [-0.3, -0.25) is 14.9 Å². The number of carbonyl (C=O) groups is 2. The number of hydrogen-bond donors (Lipinski definition) is 2. The van der Waals surface area contributed by atoms with E-state index in [2.05, 4.69) is 5.32 Å². The molecular formula is C21H11Cl2N3O6. The summed E-state index contributed by atoms with van der Waals surface area (Å²) in [4.78, 5) is 33.9. The monoisotopic (exact) mass is 471 g/mol. The number of nitriles is 1. The Bertz CT molecular complexity index is 1320. The molecule has 0 aliphatic carbocycles. The zero-order valence-corrected chi connectivity index (χ0v) is 17.3. The Labute approximate surface area is 190 Å². The second-order valence-corrected chi connectivity index (χ2v) is 7.07. The minimum Gasteiger partial charge on any atom is -0.478 e. The van der Waals surface area contributed by atoms with Gasteiger partial charge in [-0.15, -0.1) is 0 Å². The molecule has 3 rings (SSSR count). The summed E-state index contributed by atoms with van der Waals surface area (Å²) in [6.45, 7) is 0. The van der Waals surface area contributed by atoms with Gasteiger partial charge in [0.25, 0.3) is 11.6 Å². The molecule has 0 unspecified atom stereocenters. The summed E-state index contributed by atoms with van der Waals surface area (Å²) in [5.41, 5.74) is -0.317. The Kier molecular flexibility index (Phi) is 6.59. The number of carboxylic acid groups (broad SMARTS) is 1. The number of carbonyl (C=O) groups excluding carboxylic acids is 1. The smallest absolute Gasteiger partial charge is 0.335 e. The first-order chi connectivity index (χ1) is 15.2.